The van der Waals surface area contributed by atoms with Gasteiger partial charge in [-0.2, -0.15) is 0 Å². The normalized spacial score (nSPS) is 19.0. The Hall–Kier alpha value is -2.07. The van der Waals surface area contributed by atoms with Gasteiger partial charge in [0, 0.05) is 13.1 Å². The van der Waals surface area contributed by atoms with E-state index in [1.165, 1.54) is 10.9 Å². The van der Waals surface area contributed by atoms with Crippen molar-refractivity contribution in [3.63, 3.8) is 0 Å². The lowest BCUT2D eigenvalue weighted by Gasteiger charge is -2.15. The van der Waals surface area contributed by atoms with Crippen LogP contribution in [0.1, 0.15) is 12.0 Å². The lowest BCUT2D eigenvalue weighted by Crippen LogP contribution is -2.22. The van der Waals surface area contributed by atoms with Crippen LogP contribution in [0.2, 0.25) is 0 Å². The number of fused-ring (bicyclic) bond motifs is 1. The van der Waals surface area contributed by atoms with Gasteiger partial charge in [-0.1, -0.05) is 18.2 Å². The summed E-state index contributed by atoms with van der Waals surface area (Å²) in [6.07, 6.45) is 0.750. The van der Waals surface area contributed by atoms with E-state index in [0.717, 1.165) is 30.6 Å². The number of benzene rings is 2. The average Bonchev–Trinajstić information content (AvgIpc) is 2.95. The smallest absolute Gasteiger partial charge is 0.307 e. The number of likely N-dealkylation sites (tertiary alicyclic amines) is 1. The summed E-state index contributed by atoms with van der Waals surface area (Å²) in [5.74, 6) is -0.0306. The third-order valence-electron chi connectivity index (χ3n) is 4.14. The first kappa shape index (κ1) is 13.9. The van der Waals surface area contributed by atoms with E-state index in [-0.39, 0.29) is 5.92 Å². The molecule has 1 unspecified atom stereocenters. The van der Waals surface area contributed by atoms with Gasteiger partial charge in [0.25, 0.3) is 0 Å². The molecule has 0 radical (unpaired) electrons. The molecule has 0 amide bonds. The molecule has 1 saturated heterocycles. The van der Waals surface area contributed by atoms with Crippen LogP contribution < -0.4 is 4.74 Å². The molecule has 1 heterocycles. The maximum atomic E-state index is 11.0. The van der Waals surface area contributed by atoms with Gasteiger partial charge in [0.05, 0.1) is 13.0 Å². The number of hydrogen-bond acceptors (Lipinski definition) is 3. The molecule has 4 nitrogen and oxygen atoms in total. The van der Waals surface area contributed by atoms with Gasteiger partial charge in [0.2, 0.25) is 0 Å². The van der Waals surface area contributed by atoms with Crippen molar-refractivity contribution in [2.24, 2.45) is 5.92 Å². The highest BCUT2D eigenvalue weighted by Crippen LogP contribution is 2.24. The molecule has 0 saturated carbocycles. The van der Waals surface area contributed by atoms with Gasteiger partial charge in [-0.25, -0.2) is 0 Å². The van der Waals surface area contributed by atoms with E-state index in [1.54, 1.807) is 7.11 Å². The molecule has 0 bridgehead atoms. The molecule has 3 rings (SSSR count). The fourth-order valence-electron chi connectivity index (χ4n) is 2.93. The van der Waals surface area contributed by atoms with E-state index in [0.29, 0.717) is 6.54 Å². The second-order valence-electron chi connectivity index (χ2n) is 5.61. The number of aliphatic carboxylic acids is 1. The second-order valence-corrected chi connectivity index (χ2v) is 5.61. The molecule has 0 aromatic heterocycles. The van der Waals surface area contributed by atoms with E-state index in [1.807, 2.05) is 12.1 Å². The quantitative estimate of drug-likeness (QED) is 0.938. The molecule has 1 N–H and O–H groups in total. The van der Waals surface area contributed by atoms with Crippen molar-refractivity contribution in [1.29, 1.82) is 0 Å². The minimum atomic E-state index is -0.678. The predicted octanol–water partition coefficient (Wildman–Crippen LogP) is 2.75. The summed E-state index contributed by atoms with van der Waals surface area (Å²) in [6.45, 7) is 2.32. The van der Waals surface area contributed by atoms with Crippen LogP contribution in [0, 0.1) is 5.92 Å². The van der Waals surface area contributed by atoms with Crippen LogP contribution in [-0.2, 0) is 11.3 Å². The topological polar surface area (TPSA) is 49.8 Å². The van der Waals surface area contributed by atoms with Crippen LogP contribution in [-0.4, -0.2) is 36.2 Å². The number of carboxylic acid groups (broad SMARTS) is 1. The zero-order chi connectivity index (χ0) is 14.8. The van der Waals surface area contributed by atoms with Crippen LogP contribution in [0.25, 0.3) is 10.8 Å². The van der Waals surface area contributed by atoms with E-state index in [9.17, 15) is 4.79 Å². The van der Waals surface area contributed by atoms with Crippen LogP contribution in [0.5, 0.6) is 5.75 Å². The van der Waals surface area contributed by atoms with Crippen molar-refractivity contribution >= 4 is 16.7 Å². The molecule has 110 valence electrons. The van der Waals surface area contributed by atoms with Gasteiger partial charge in [-0.05, 0) is 47.5 Å². The Morgan fingerprint density at radius 1 is 1.29 bits per heavy atom. The Labute approximate surface area is 123 Å². The molecule has 1 fully saturated rings. The van der Waals surface area contributed by atoms with Gasteiger partial charge in [0.15, 0.2) is 0 Å². The molecule has 2 aromatic rings. The van der Waals surface area contributed by atoms with Crippen molar-refractivity contribution < 1.29 is 14.6 Å². The zero-order valence-electron chi connectivity index (χ0n) is 12.1. The Kier molecular flexibility index (Phi) is 3.80. The Morgan fingerprint density at radius 3 is 2.76 bits per heavy atom. The molecule has 2 aromatic carbocycles. The van der Waals surface area contributed by atoms with Gasteiger partial charge in [-0.3, -0.25) is 9.69 Å². The summed E-state index contributed by atoms with van der Waals surface area (Å²) >= 11 is 0. The number of carboxylic acids is 1. The SMILES string of the molecule is COc1ccc2cc(CN3CCC(C(=O)O)C3)ccc2c1. The second kappa shape index (κ2) is 5.74. The minimum absolute atomic E-state index is 0.213. The molecule has 1 aliphatic heterocycles. The van der Waals surface area contributed by atoms with E-state index >= 15 is 0 Å². The van der Waals surface area contributed by atoms with Crippen LogP contribution in [0.3, 0.4) is 0 Å². The Bertz CT molecular complexity index is 668. The van der Waals surface area contributed by atoms with Crippen LogP contribution >= 0.6 is 0 Å². The summed E-state index contributed by atoms with van der Waals surface area (Å²) in [4.78, 5) is 13.2. The average molecular weight is 285 g/mol. The third kappa shape index (κ3) is 3.00. The zero-order valence-corrected chi connectivity index (χ0v) is 12.1. The highest BCUT2D eigenvalue weighted by molar-refractivity contribution is 5.84. The largest absolute Gasteiger partial charge is 0.497 e. The van der Waals surface area contributed by atoms with Crippen molar-refractivity contribution in [3.8, 4) is 5.75 Å². The highest BCUT2D eigenvalue weighted by Gasteiger charge is 2.27. The van der Waals surface area contributed by atoms with E-state index in [4.69, 9.17) is 9.84 Å². The summed E-state index contributed by atoms with van der Waals surface area (Å²) in [5, 5.41) is 11.4. The van der Waals surface area contributed by atoms with Gasteiger partial charge in [0.1, 0.15) is 5.75 Å². The number of hydrogen-bond donors (Lipinski definition) is 1. The standard InChI is InChI=1S/C17H19NO3/c1-21-16-5-4-13-8-12(2-3-14(13)9-16)10-18-7-6-15(11-18)17(19)20/h2-5,8-9,15H,6-7,10-11H2,1H3,(H,19,20). The third-order valence-corrected chi connectivity index (χ3v) is 4.14. The number of carbonyl (C=O) groups is 1. The van der Waals surface area contributed by atoms with Crippen LogP contribution in [0.15, 0.2) is 36.4 Å². The molecular weight excluding hydrogens is 266 g/mol. The Morgan fingerprint density at radius 2 is 2.05 bits per heavy atom. The number of ether oxygens (including phenoxy) is 1. The molecule has 4 heteroatoms. The molecular formula is C17H19NO3. The first-order valence-electron chi connectivity index (χ1n) is 7.17. The lowest BCUT2D eigenvalue weighted by atomic mass is 10.1. The number of rotatable bonds is 4. The summed E-state index contributed by atoms with van der Waals surface area (Å²) in [7, 11) is 1.67. The molecule has 1 atom stereocenters. The molecule has 21 heavy (non-hydrogen) atoms. The number of nitrogens with zero attached hydrogens (tertiary/aromatic N) is 1. The van der Waals surface area contributed by atoms with Crippen molar-refractivity contribution in [2.45, 2.75) is 13.0 Å². The van der Waals surface area contributed by atoms with E-state index < -0.39 is 5.97 Å². The maximum absolute atomic E-state index is 11.0. The van der Waals surface area contributed by atoms with Crippen molar-refractivity contribution in [3.05, 3.63) is 42.0 Å². The molecule has 0 aliphatic carbocycles. The lowest BCUT2D eigenvalue weighted by molar-refractivity contribution is -0.141. The summed E-state index contributed by atoms with van der Waals surface area (Å²) in [6, 6.07) is 12.4. The van der Waals surface area contributed by atoms with E-state index in [2.05, 4.69) is 29.2 Å². The Balaban J connectivity index is 1.74. The maximum Gasteiger partial charge on any atom is 0.307 e. The number of methoxy groups -OCH3 is 1. The predicted molar refractivity (Wildman–Crippen MR) is 81.5 cm³/mol. The first-order chi connectivity index (χ1) is 10.2. The fraction of sp³-hybridized carbons (Fsp3) is 0.353. The van der Waals surface area contributed by atoms with Crippen molar-refractivity contribution in [1.82, 2.24) is 4.90 Å². The monoisotopic (exact) mass is 285 g/mol. The molecule has 1 aliphatic rings. The van der Waals surface area contributed by atoms with Crippen LogP contribution in [0.4, 0.5) is 0 Å². The van der Waals surface area contributed by atoms with Gasteiger partial charge in [-0.15, -0.1) is 0 Å². The highest BCUT2D eigenvalue weighted by atomic mass is 16.5. The molecule has 0 spiro atoms. The summed E-state index contributed by atoms with van der Waals surface area (Å²) in [5.41, 5.74) is 1.22. The van der Waals surface area contributed by atoms with Gasteiger partial charge < -0.3 is 9.84 Å². The summed E-state index contributed by atoms with van der Waals surface area (Å²) < 4.78 is 5.23. The first-order valence-corrected chi connectivity index (χ1v) is 7.17. The van der Waals surface area contributed by atoms with Gasteiger partial charge >= 0.3 is 5.97 Å². The fourth-order valence-corrected chi connectivity index (χ4v) is 2.93. The van der Waals surface area contributed by atoms with Crippen molar-refractivity contribution in [2.75, 3.05) is 20.2 Å². The minimum Gasteiger partial charge on any atom is -0.497 e.